The molecule has 2 aliphatic heterocycles. The molecule has 0 aromatic carbocycles. The first-order valence-corrected chi connectivity index (χ1v) is 22.9. The molecule has 2 fully saturated rings. The standard InChI is InChI=1S/C19H24N6O2S.C18H21BrN6O2S/c1-14-10-22-25-18(21-12-15-5-3-7-20-11-15)9-17(23-19(14)25)16-6-4-8-24(13-16)28(2,26)27;1-28(26,27)24-7-4-14(5-8-24)16-9-17(21-11-13-3-2-6-20-10-13)25-18(23-16)15(19)12-22-25/h3,5,7,9-11,16,21H,4,6,8,12-13H2,1-2H3;2-3,6,9-10,12,14,21H,4-5,7-8,11H2,1H3. The zero-order valence-corrected chi connectivity index (χ0v) is 34.7. The van der Waals surface area contributed by atoms with E-state index < -0.39 is 20.0 Å². The van der Waals surface area contributed by atoms with Gasteiger partial charge in [0.15, 0.2) is 11.3 Å². The molecule has 2 saturated heterocycles. The van der Waals surface area contributed by atoms with Crippen molar-refractivity contribution in [2.75, 3.05) is 49.3 Å². The number of aromatic nitrogens is 8. The summed E-state index contributed by atoms with van der Waals surface area (Å²) < 4.78 is 55.0. The second-order valence-electron chi connectivity index (χ2n) is 14.2. The maximum atomic E-state index is 12.0. The Hall–Kier alpha value is -4.56. The Morgan fingerprint density at radius 3 is 1.84 bits per heavy atom. The van der Waals surface area contributed by atoms with E-state index in [1.165, 1.54) is 12.5 Å². The number of rotatable bonds is 10. The summed E-state index contributed by atoms with van der Waals surface area (Å²) in [5.41, 5.74) is 6.52. The highest BCUT2D eigenvalue weighted by Crippen LogP contribution is 2.32. The van der Waals surface area contributed by atoms with Crippen LogP contribution in [0.1, 0.15) is 65.6 Å². The van der Waals surface area contributed by atoms with Crippen molar-refractivity contribution in [3.63, 3.8) is 0 Å². The van der Waals surface area contributed by atoms with Crippen molar-refractivity contribution < 1.29 is 16.8 Å². The summed E-state index contributed by atoms with van der Waals surface area (Å²) in [5.74, 6) is 1.97. The van der Waals surface area contributed by atoms with Crippen LogP contribution in [0.3, 0.4) is 0 Å². The van der Waals surface area contributed by atoms with Crippen LogP contribution in [0, 0.1) is 6.92 Å². The van der Waals surface area contributed by atoms with Crippen molar-refractivity contribution in [3.05, 3.63) is 106 Å². The molecule has 2 N–H and O–H groups in total. The second-order valence-corrected chi connectivity index (χ2v) is 19.1. The average Bonchev–Trinajstić information content (AvgIpc) is 3.78. The van der Waals surface area contributed by atoms with Gasteiger partial charge < -0.3 is 10.6 Å². The second kappa shape index (κ2) is 16.9. The van der Waals surface area contributed by atoms with Gasteiger partial charge in [0, 0.05) is 99.3 Å². The molecule has 0 radical (unpaired) electrons. The molecule has 1 atom stereocenters. The van der Waals surface area contributed by atoms with Gasteiger partial charge in [-0.3, -0.25) is 9.97 Å². The molecule has 56 heavy (non-hydrogen) atoms. The summed E-state index contributed by atoms with van der Waals surface area (Å²) in [4.78, 5) is 17.9. The van der Waals surface area contributed by atoms with Crippen LogP contribution in [-0.2, 0) is 33.1 Å². The first kappa shape index (κ1) is 39.7. The lowest BCUT2D eigenvalue weighted by Gasteiger charge is -2.30. The lowest BCUT2D eigenvalue weighted by atomic mass is 9.94. The molecule has 1 unspecified atom stereocenters. The van der Waals surface area contributed by atoms with E-state index in [0.717, 1.165) is 81.2 Å². The van der Waals surface area contributed by atoms with E-state index in [9.17, 15) is 16.8 Å². The van der Waals surface area contributed by atoms with Crippen molar-refractivity contribution in [2.45, 2.75) is 57.5 Å². The summed E-state index contributed by atoms with van der Waals surface area (Å²) >= 11 is 3.52. The first-order valence-electron chi connectivity index (χ1n) is 18.4. The van der Waals surface area contributed by atoms with Gasteiger partial charge in [-0.1, -0.05) is 12.1 Å². The van der Waals surface area contributed by atoms with Gasteiger partial charge in [-0.15, -0.1) is 0 Å². The quantitative estimate of drug-likeness (QED) is 0.192. The van der Waals surface area contributed by atoms with E-state index in [2.05, 4.69) is 46.7 Å². The molecule has 16 nitrogen and oxygen atoms in total. The molecule has 6 aromatic rings. The van der Waals surface area contributed by atoms with Gasteiger partial charge in [-0.05, 0) is 71.8 Å². The predicted octanol–water partition coefficient (Wildman–Crippen LogP) is 4.82. The third kappa shape index (κ3) is 9.34. The zero-order valence-electron chi connectivity index (χ0n) is 31.5. The number of nitrogens with one attached hydrogen (secondary N) is 2. The summed E-state index contributed by atoms with van der Waals surface area (Å²) in [6.07, 6.45) is 16.5. The smallest absolute Gasteiger partial charge is 0.211 e. The van der Waals surface area contributed by atoms with Crippen LogP contribution >= 0.6 is 15.9 Å². The lowest BCUT2D eigenvalue weighted by Crippen LogP contribution is -2.38. The Labute approximate surface area is 335 Å². The number of hydrogen-bond donors (Lipinski definition) is 2. The topological polar surface area (TPSA) is 185 Å². The van der Waals surface area contributed by atoms with E-state index in [-0.39, 0.29) is 11.8 Å². The summed E-state index contributed by atoms with van der Waals surface area (Å²) in [5, 5.41) is 15.7. The summed E-state index contributed by atoms with van der Waals surface area (Å²) in [6.45, 7) is 5.31. The maximum Gasteiger partial charge on any atom is 0.211 e. The van der Waals surface area contributed by atoms with Crippen molar-refractivity contribution >= 4 is 58.9 Å². The highest BCUT2D eigenvalue weighted by Gasteiger charge is 2.29. The number of fused-ring (bicyclic) bond motifs is 2. The van der Waals surface area contributed by atoms with Crippen LogP contribution in [0.2, 0.25) is 0 Å². The molecular weight excluding hydrogens is 821 g/mol. The van der Waals surface area contributed by atoms with Crippen molar-refractivity contribution in [3.8, 4) is 0 Å². The fourth-order valence-electron chi connectivity index (χ4n) is 7.08. The van der Waals surface area contributed by atoms with E-state index in [0.29, 0.717) is 39.3 Å². The minimum Gasteiger partial charge on any atom is -0.366 e. The Bertz CT molecular complexity index is 2510. The number of sulfonamides is 2. The summed E-state index contributed by atoms with van der Waals surface area (Å²) in [7, 11) is -6.34. The van der Waals surface area contributed by atoms with Crippen molar-refractivity contribution in [2.24, 2.45) is 0 Å². The van der Waals surface area contributed by atoms with Crippen molar-refractivity contribution in [1.82, 2.24) is 47.8 Å². The molecule has 8 rings (SSSR count). The Morgan fingerprint density at radius 2 is 1.27 bits per heavy atom. The van der Waals surface area contributed by atoms with Crippen LogP contribution in [0.4, 0.5) is 11.6 Å². The molecule has 0 bridgehead atoms. The fourth-order valence-corrected chi connectivity index (χ4v) is 9.21. The van der Waals surface area contributed by atoms with Crippen LogP contribution < -0.4 is 10.6 Å². The highest BCUT2D eigenvalue weighted by molar-refractivity contribution is 9.10. The summed E-state index contributed by atoms with van der Waals surface area (Å²) in [6, 6.07) is 11.9. The van der Waals surface area contributed by atoms with Gasteiger partial charge in [0.25, 0.3) is 0 Å². The molecule has 8 heterocycles. The average molecular weight is 866 g/mol. The van der Waals surface area contributed by atoms with Gasteiger partial charge in [0.2, 0.25) is 20.0 Å². The maximum absolute atomic E-state index is 12.0. The first-order chi connectivity index (χ1) is 26.8. The van der Waals surface area contributed by atoms with Gasteiger partial charge in [0.1, 0.15) is 11.6 Å². The number of halogens is 1. The lowest BCUT2D eigenvalue weighted by molar-refractivity contribution is 0.314. The Balaban J connectivity index is 0.000000172. The van der Waals surface area contributed by atoms with E-state index in [1.54, 1.807) is 42.4 Å². The van der Waals surface area contributed by atoms with Gasteiger partial charge in [-0.2, -0.15) is 19.2 Å². The van der Waals surface area contributed by atoms with E-state index >= 15 is 0 Å². The SMILES string of the molecule is CS(=O)(=O)N1CCC(c2cc(NCc3cccnc3)n3ncc(Br)c3n2)CC1.Cc1cnn2c(NCc3cccnc3)cc(C3CCCN(S(C)(=O)=O)C3)nc12. The van der Waals surface area contributed by atoms with Crippen LogP contribution in [0.25, 0.3) is 11.3 Å². The third-order valence-electron chi connectivity index (χ3n) is 10.1. The number of anilines is 2. The van der Waals surface area contributed by atoms with Gasteiger partial charge in [-0.25, -0.2) is 35.4 Å². The number of aryl methyl sites for hydroxylation is 1. The van der Waals surface area contributed by atoms with Crippen LogP contribution in [-0.4, -0.2) is 103 Å². The van der Waals surface area contributed by atoms with Crippen LogP contribution in [0.5, 0.6) is 0 Å². The molecule has 0 spiro atoms. The minimum atomic E-state index is -3.20. The Kier molecular flexibility index (Phi) is 12.0. The molecular formula is C37H45BrN12O4S2. The van der Waals surface area contributed by atoms with E-state index in [4.69, 9.17) is 9.97 Å². The molecule has 296 valence electrons. The predicted molar refractivity (Wildman–Crippen MR) is 218 cm³/mol. The normalized spacial score (nSPS) is 17.5. The molecule has 0 amide bonds. The number of piperidine rings is 2. The third-order valence-corrected chi connectivity index (χ3v) is 13.3. The van der Waals surface area contributed by atoms with Gasteiger partial charge >= 0.3 is 0 Å². The van der Waals surface area contributed by atoms with Gasteiger partial charge in [0.05, 0.1) is 35.1 Å². The fraction of sp³-hybridized carbons (Fsp3) is 0.405. The monoisotopic (exact) mass is 864 g/mol. The van der Waals surface area contributed by atoms with Crippen LogP contribution in [0.15, 0.2) is 78.1 Å². The number of pyridine rings is 2. The molecule has 2 aliphatic rings. The molecule has 0 aliphatic carbocycles. The van der Waals surface area contributed by atoms with E-state index in [1.807, 2.05) is 55.7 Å². The molecule has 19 heteroatoms. The highest BCUT2D eigenvalue weighted by atomic mass is 79.9. The largest absolute Gasteiger partial charge is 0.366 e. The molecule has 0 saturated carbocycles. The molecule has 6 aromatic heterocycles. The number of hydrogen-bond acceptors (Lipinski definition) is 12. The van der Waals surface area contributed by atoms with Crippen molar-refractivity contribution in [1.29, 1.82) is 0 Å². The Morgan fingerprint density at radius 1 is 0.714 bits per heavy atom. The minimum absolute atomic E-state index is 0.0710. The number of nitrogens with zero attached hydrogens (tertiary/aromatic N) is 10. The zero-order chi connectivity index (χ0) is 39.5.